The van der Waals surface area contributed by atoms with E-state index >= 15 is 0 Å². The molecular weight excluding hydrogens is 745 g/mol. The molecule has 1 aromatic heterocycles. The number of aromatic nitrogens is 1. The van der Waals surface area contributed by atoms with Crippen molar-refractivity contribution in [2.75, 3.05) is 38.5 Å². The molecule has 286 valence electrons. The number of benzene rings is 1. The second kappa shape index (κ2) is 13.1. The molecule has 4 saturated heterocycles. The first-order chi connectivity index (χ1) is 25.4. The van der Waals surface area contributed by atoms with Gasteiger partial charge in [-0.15, -0.1) is 23.1 Å². The Kier molecular flexibility index (Phi) is 9.04. The molecule has 6 aliphatic rings. The number of hydrogen-bond acceptors (Lipinski definition) is 14. The van der Waals surface area contributed by atoms with Crippen LogP contribution in [0, 0.1) is 11.3 Å². The number of aliphatic carboxylic acids is 2. The zero-order valence-electron chi connectivity index (χ0n) is 29.6. The van der Waals surface area contributed by atoms with E-state index in [4.69, 9.17) is 10.6 Å². The van der Waals surface area contributed by atoms with Gasteiger partial charge in [-0.3, -0.25) is 29.0 Å². The minimum Gasteiger partial charge on any atom is -0.504 e. The summed E-state index contributed by atoms with van der Waals surface area (Å²) in [4.78, 5) is 89.9. The molecule has 8 rings (SSSR count). The lowest BCUT2D eigenvalue weighted by Gasteiger charge is -2.57. The number of oxime groups is 1. The van der Waals surface area contributed by atoms with Gasteiger partial charge in [0.2, 0.25) is 11.5 Å². The van der Waals surface area contributed by atoms with Gasteiger partial charge in [-0.2, -0.15) is 0 Å². The molecule has 19 heteroatoms. The van der Waals surface area contributed by atoms with Crippen molar-refractivity contribution >= 4 is 69.4 Å². The number of hydrogen-bond donors (Lipinski definition) is 5. The van der Waals surface area contributed by atoms with Crippen LogP contribution in [0.25, 0.3) is 0 Å². The number of ketones is 1. The average molecular weight is 784 g/mol. The van der Waals surface area contributed by atoms with Crippen molar-refractivity contribution < 1.29 is 58.5 Å². The van der Waals surface area contributed by atoms with Crippen molar-refractivity contribution in [2.45, 2.75) is 62.7 Å². The number of carbonyl (C=O) groups is 6. The van der Waals surface area contributed by atoms with Crippen molar-refractivity contribution in [1.82, 2.24) is 14.8 Å². The van der Waals surface area contributed by atoms with Crippen molar-refractivity contribution in [3.8, 4) is 11.5 Å². The number of nitrogen functional groups attached to an aromatic ring is 1. The van der Waals surface area contributed by atoms with Crippen LogP contribution in [-0.4, -0.2) is 130 Å². The van der Waals surface area contributed by atoms with Crippen LogP contribution >= 0.6 is 23.1 Å². The Morgan fingerprint density at radius 3 is 2.17 bits per heavy atom. The third kappa shape index (κ3) is 6.16. The number of nitrogens with zero attached hydrogens (tertiary/aromatic N) is 5. The molecule has 3 amide bonds. The molecule has 4 fully saturated rings. The lowest BCUT2D eigenvalue weighted by atomic mass is 9.70. The number of quaternary nitrogens is 1. The number of carboxylic acids is 2. The molecule has 2 bridgehead atoms. The van der Waals surface area contributed by atoms with Crippen LogP contribution in [0.1, 0.15) is 72.9 Å². The van der Waals surface area contributed by atoms with Gasteiger partial charge in [0.1, 0.15) is 17.9 Å². The summed E-state index contributed by atoms with van der Waals surface area (Å²) in [6.07, 6.45) is 1.72. The number of β-lactam (4-membered cyclic amide) rings is 1. The number of phenols is 2. The highest BCUT2D eigenvalue weighted by molar-refractivity contribution is 8.00. The summed E-state index contributed by atoms with van der Waals surface area (Å²) in [6, 6.07) is 2.23. The third-order valence-corrected chi connectivity index (χ3v) is 13.6. The Labute approximate surface area is 316 Å². The molecule has 3 atom stereocenters. The highest BCUT2D eigenvalue weighted by atomic mass is 32.2. The van der Waals surface area contributed by atoms with Crippen LogP contribution < -0.4 is 5.73 Å². The summed E-state index contributed by atoms with van der Waals surface area (Å²) in [7, 11) is 0. The van der Waals surface area contributed by atoms with Gasteiger partial charge in [-0.05, 0) is 32.9 Å². The van der Waals surface area contributed by atoms with E-state index in [2.05, 4.69) is 10.1 Å². The molecule has 17 nitrogen and oxygen atoms in total. The first-order valence-corrected chi connectivity index (χ1v) is 19.1. The predicted octanol–water partition coefficient (Wildman–Crippen LogP) is 2.24. The summed E-state index contributed by atoms with van der Waals surface area (Å²) < 4.78 is 0.598. The van der Waals surface area contributed by atoms with E-state index in [0.717, 1.165) is 23.5 Å². The molecule has 0 radical (unpaired) electrons. The fourth-order valence-corrected chi connectivity index (χ4v) is 10.1. The van der Waals surface area contributed by atoms with Crippen molar-refractivity contribution in [1.29, 1.82) is 0 Å². The van der Waals surface area contributed by atoms with Gasteiger partial charge in [-0.1, -0.05) is 5.16 Å². The van der Waals surface area contributed by atoms with Gasteiger partial charge in [0, 0.05) is 53.8 Å². The van der Waals surface area contributed by atoms with E-state index in [0.29, 0.717) is 55.5 Å². The zero-order valence-corrected chi connectivity index (χ0v) is 31.2. The van der Waals surface area contributed by atoms with Gasteiger partial charge in [-0.25, -0.2) is 14.6 Å². The second-order valence-electron chi connectivity index (χ2n) is 15.2. The van der Waals surface area contributed by atoms with Crippen LogP contribution in [-0.2, 0) is 24.0 Å². The Balaban J connectivity index is 1.05. The van der Waals surface area contributed by atoms with Crippen molar-refractivity contribution in [3.63, 3.8) is 0 Å². The van der Waals surface area contributed by atoms with E-state index in [1.165, 1.54) is 40.8 Å². The molecule has 2 aromatic rings. The number of aromatic hydroxyl groups is 2. The number of piperidine rings is 3. The SMILES string of the molecule is C[C@@H]1S[C@@H]2[C@H](CC(=O)/C(=N\OC(C)(C)C(=O)O)c3csc(N)n3)C(=O)N2C(C(=O)O)=C1C[N+]12CCC(CN3C(=O)c4cc(O)c(O)cc4C3=O)(CC1)CC2. The molecule has 6 aliphatic heterocycles. The standard InChI is InChI=1S/C35H38N6O11S2/c1-16-20(13-41-7-4-35(5-8-41,6-9-41)15-39-27(45)17-10-22(42)23(43)11-18(17)28(39)46)26(31(48)49)40-29(47)19(30(40)54-16)12-24(44)25(21-14-53-33(36)37-21)38-52-34(2,3)32(50)51/h10-11,14,16,19,30H,4-9,12-13,15H2,1-3H3,(H5-,36,37,38,42,43,44,45,46,48,49,50,51)/p+1/t16-,19+,30+,35?,41?/m0/s1. The number of thioether (sulfide) groups is 1. The molecule has 54 heavy (non-hydrogen) atoms. The number of Topliss-reactive ketones (excluding diaryl/α,β-unsaturated/α-hetero) is 1. The molecular formula is C35H39N6O11S2+. The maximum Gasteiger partial charge on any atom is 0.352 e. The topological polar surface area (TPSA) is 250 Å². The number of rotatable bonds is 12. The van der Waals surface area contributed by atoms with Crippen LogP contribution in [0.4, 0.5) is 5.13 Å². The van der Waals surface area contributed by atoms with E-state index in [1.807, 2.05) is 6.92 Å². The Hall–Kier alpha value is -5.01. The van der Waals surface area contributed by atoms with Crippen LogP contribution in [0.3, 0.4) is 0 Å². The maximum atomic E-state index is 13.7. The first-order valence-electron chi connectivity index (χ1n) is 17.3. The van der Waals surface area contributed by atoms with Gasteiger partial charge in [0.15, 0.2) is 28.1 Å². The number of thiazole rings is 1. The molecule has 0 unspecified atom stereocenters. The number of imide groups is 1. The molecule has 0 spiro atoms. The maximum absolute atomic E-state index is 13.7. The highest BCUT2D eigenvalue weighted by Gasteiger charge is 2.58. The largest absolute Gasteiger partial charge is 0.504 e. The van der Waals surface area contributed by atoms with Gasteiger partial charge in [0.05, 0.1) is 42.1 Å². The van der Waals surface area contributed by atoms with E-state index in [-0.39, 0.29) is 57.0 Å². The van der Waals surface area contributed by atoms with E-state index in [1.54, 1.807) is 0 Å². The average Bonchev–Trinajstić information content (AvgIpc) is 3.64. The molecule has 6 N–H and O–H groups in total. The van der Waals surface area contributed by atoms with Crippen LogP contribution in [0.5, 0.6) is 11.5 Å². The molecule has 1 aromatic carbocycles. The quantitative estimate of drug-likeness (QED) is 0.0517. The smallest absolute Gasteiger partial charge is 0.352 e. The number of carbonyl (C=O) groups excluding carboxylic acids is 4. The Bertz CT molecular complexity index is 2030. The molecule has 0 saturated carbocycles. The number of amides is 3. The summed E-state index contributed by atoms with van der Waals surface area (Å²) in [5.41, 5.74) is 4.09. The molecule has 7 heterocycles. The van der Waals surface area contributed by atoms with Gasteiger partial charge >= 0.3 is 11.9 Å². The summed E-state index contributed by atoms with van der Waals surface area (Å²) in [5, 5.41) is 44.2. The minimum absolute atomic E-state index is 0.0536. The van der Waals surface area contributed by atoms with Crippen LogP contribution in [0.2, 0.25) is 0 Å². The fourth-order valence-electron chi connectivity index (χ4n) is 8.08. The van der Waals surface area contributed by atoms with Crippen molar-refractivity contribution in [2.24, 2.45) is 16.5 Å². The van der Waals surface area contributed by atoms with Gasteiger partial charge in [0.25, 0.3) is 11.8 Å². The second-order valence-corrected chi connectivity index (χ2v) is 17.6. The number of carboxylic acid groups (broad SMARTS) is 2. The van der Waals surface area contributed by atoms with E-state index in [9.17, 15) is 49.2 Å². The lowest BCUT2D eigenvalue weighted by Crippen LogP contribution is -2.66. The Morgan fingerprint density at radius 1 is 1.06 bits per heavy atom. The third-order valence-electron chi connectivity index (χ3n) is 11.5. The summed E-state index contributed by atoms with van der Waals surface area (Å²) in [5.74, 6) is -6.57. The van der Waals surface area contributed by atoms with Gasteiger partial charge < -0.3 is 35.5 Å². The fraction of sp³-hybridized carbons (Fsp3) is 0.486. The summed E-state index contributed by atoms with van der Waals surface area (Å²) >= 11 is 2.44. The van der Waals surface area contributed by atoms with Crippen molar-refractivity contribution in [3.05, 3.63) is 45.6 Å². The number of nitrogens with two attached hydrogens (primary N) is 1. The monoisotopic (exact) mass is 783 g/mol. The zero-order chi connectivity index (χ0) is 39.1. The number of fused-ring (bicyclic) bond motifs is 5. The number of phenolic OH excluding ortho intramolecular Hbond substituents is 2. The van der Waals surface area contributed by atoms with E-state index < -0.39 is 63.8 Å². The normalized spacial score (nSPS) is 27.9. The minimum atomic E-state index is -1.77. The number of anilines is 1. The van der Waals surface area contributed by atoms with Crippen LogP contribution in [0.15, 0.2) is 33.9 Å². The predicted molar refractivity (Wildman–Crippen MR) is 192 cm³/mol. The molecule has 0 aliphatic carbocycles. The lowest BCUT2D eigenvalue weighted by molar-refractivity contribution is -0.941. The first kappa shape index (κ1) is 37.3. The Morgan fingerprint density at radius 2 is 1.65 bits per heavy atom. The summed E-state index contributed by atoms with van der Waals surface area (Å²) in [6.45, 7) is 7.04. The highest BCUT2D eigenvalue weighted by Crippen LogP contribution is 2.51.